The molecule has 3 aromatic rings. The summed E-state index contributed by atoms with van der Waals surface area (Å²) < 4.78 is 0. The number of hydrogen-bond acceptors (Lipinski definition) is 3. The van der Waals surface area contributed by atoms with Gasteiger partial charge in [0.2, 0.25) is 11.8 Å². The fourth-order valence-corrected chi connectivity index (χ4v) is 4.92. The first kappa shape index (κ1) is 27.8. The molecule has 2 amide bonds. The zero-order valence-electron chi connectivity index (χ0n) is 21.2. The van der Waals surface area contributed by atoms with Gasteiger partial charge >= 0.3 is 0 Å². The smallest absolute Gasteiger partial charge is 0.243 e. The Morgan fingerprint density at radius 2 is 1.64 bits per heavy atom. The van der Waals surface area contributed by atoms with E-state index in [1.165, 1.54) is 11.8 Å². The lowest BCUT2D eigenvalue weighted by Gasteiger charge is -2.32. The molecule has 0 bridgehead atoms. The number of hydrogen-bond donors (Lipinski definition) is 1. The highest BCUT2D eigenvalue weighted by atomic mass is 35.5. The van der Waals surface area contributed by atoms with Crippen molar-refractivity contribution in [1.29, 1.82) is 0 Å². The Labute approximate surface area is 224 Å². The van der Waals surface area contributed by atoms with E-state index >= 15 is 0 Å². The second-order valence-electron chi connectivity index (χ2n) is 9.15. The van der Waals surface area contributed by atoms with E-state index in [9.17, 15) is 9.59 Å². The standard InChI is InChI=1S/C30H35ClN2O2S/c1-4-23(3)32-30(35)28(18-24-9-6-5-7-10-24)33(19-25-15-13-22(2)14-16-25)29(34)21-36-20-26-11-8-12-27(31)17-26/h5-17,23,28H,4,18-21H2,1-3H3,(H,32,35)/t23-,28-/m1/s1. The van der Waals surface area contributed by atoms with Crippen LogP contribution in [0.5, 0.6) is 0 Å². The number of nitrogens with zero attached hydrogens (tertiary/aromatic N) is 1. The quantitative estimate of drug-likeness (QED) is 0.298. The van der Waals surface area contributed by atoms with Gasteiger partial charge in [-0.1, -0.05) is 90.8 Å². The van der Waals surface area contributed by atoms with Crippen LogP contribution >= 0.6 is 23.4 Å². The average molecular weight is 523 g/mol. The molecule has 0 aromatic heterocycles. The highest BCUT2D eigenvalue weighted by molar-refractivity contribution is 7.99. The third-order valence-corrected chi connectivity index (χ3v) is 7.35. The van der Waals surface area contributed by atoms with Crippen LogP contribution in [-0.2, 0) is 28.3 Å². The lowest BCUT2D eigenvalue weighted by atomic mass is 10.0. The summed E-state index contributed by atoms with van der Waals surface area (Å²) in [6.45, 7) is 6.45. The molecule has 0 aliphatic rings. The van der Waals surface area contributed by atoms with Gasteiger partial charge in [-0.05, 0) is 49.1 Å². The van der Waals surface area contributed by atoms with Crippen LogP contribution in [0.25, 0.3) is 0 Å². The van der Waals surface area contributed by atoms with Gasteiger partial charge < -0.3 is 10.2 Å². The summed E-state index contributed by atoms with van der Waals surface area (Å²) in [6.07, 6.45) is 1.28. The number of benzene rings is 3. The Morgan fingerprint density at radius 3 is 2.31 bits per heavy atom. The number of carbonyl (C=O) groups excluding carboxylic acids is 2. The Bertz CT molecular complexity index is 1120. The Morgan fingerprint density at radius 1 is 0.944 bits per heavy atom. The monoisotopic (exact) mass is 522 g/mol. The summed E-state index contributed by atoms with van der Waals surface area (Å²) in [7, 11) is 0. The van der Waals surface area contributed by atoms with Crippen LogP contribution in [0, 0.1) is 6.92 Å². The maximum absolute atomic E-state index is 13.7. The van der Waals surface area contributed by atoms with Gasteiger partial charge in [-0.3, -0.25) is 9.59 Å². The van der Waals surface area contributed by atoms with Crippen molar-refractivity contribution >= 4 is 35.2 Å². The van der Waals surface area contributed by atoms with Gasteiger partial charge in [0, 0.05) is 29.8 Å². The third kappa shape index (κ3) is 8.72. The van der Waals surface area contributed by atoms with Gasteiger partial charge in [0.15, 0.2) is 0 Å². The van der Waals surface area contributed by atoms with Crippen LogP contribution in [0.4, 0.5) is 0 Å². The lowest BCUT2D eigenvalue weighted by molar-refractivity contribution is -0.139. The number of aryl methyl sites for hydroxylation is 1. The van der Waals surface area contributed by atoms with E-state index in [4.69, 9.17) is 11.6 Å². The molecule has 190 valence electrons. The van der Waals surface area contributed by atoms with Crippen LogP contribution in [0.1, 0.15) is 42.5 Å². The van der Waals surface area contributed by atoms with Crippen molar-refractivity contribution in [3.8, 4) is 0 Å². The molecule has 0 heterocycles. The van der Waals surface area contributed by atoms with Crippen molar-refractivity contribution in [2.75, 3.05) is 5.75 Å². The molecule has 0 spiro atoms. The molecule has 0 radical (unpaired) electrons. The molecular formula is C30H35ClN2O2S. The number of carbonyl (C=O) groups is 2. The zero-order chi connectivity index (χ0) is 25.9. The van der Waals surface area contributed by atoms with E-state index in [-0.39, 0.29) is 23.6 Å². The summed E-state index contributed by atoms with van der Waals surface area (Å²) in [5.41, 5.74) is 4.25. The zero-order valence-corrected chi connectivity index (χ0v) is 22.8. The molecule has 6 heteroatoms. The summed E-state index contributed by atoms with van der Waals surface area (Å²) in [5.74, 6) is 0.782. The molecule has 0 fully saturated rings. The molecule has 0 unspecified atom stereocenters. The first-order valence-electron chi connectivity index (χ1n) is 12.4. The first-order chi connectivity index (χ1) is 17.4. The molecule has 0 aliphatic heterocycles. The highest BCUT2D eigenvalue weighted by Gasteiger charge is 2.30. The molecule has 3 aromatic carbocycles. The third-order valence-electron chi connectivity index (χ3n) is 6.13. The minimum atomic E-state index is -0.609. The Kier molecular flexibility index (Phi) is 10.9. The van der Waals surface area contributed by atoms with Crippen molar-refractivity contribution < 1.29 is 9.59 Å². The van der Waals surface area contributed by atoms with Gasteiger partial charge in [0.05, 0.1) is 5.75 Å². The van der Waals surface area contributed by atoms with Crippen molar-refractivity contribution in [2.45, 2.75) is 58.0 Å². The van der Waals surface area contributed by atoms with Gasteiger partial charge in [-0.25, -0.2) is 0 Å². The number of thioether (sulfide) groups is 1. The number of rotatable bonds is 12. The molecule has 4 nitrogen and oxygen atoms in total. The molecule has 0 aliphatic carbocycles. The van der Waals surface area contributed by atoms with Crippen LogP contribution in [-0.4, -0.2) is 34.6 Å². The van der Waals surface area contributed by atoms with E-state index in [1.54, 1.807) is 4.90 Å². The summed E-state index contributed by atoms with van der Waals surface area (Å²) in [4.78, 5) is 28.9. The number of amides is 2. The van der Waals surface area contributed by atoms with Crippen molar-refractivity contribution in [3.63, 3.8) is 0 Å². The normalized spacial score (nSPS) is 12.6. The van der Waals surface area contributed by atoms with E-state index in [1.807, 2.05) is 99.6 Å². The van der Waals surface area contributed by atoms with Gasteiger partial charge in [0.1, 0.15) is 6.04 Å². The van der Waals surface area contributed by atoms with Crippen molar-refractivity contribution in [3.05, 3.63) is 106 Å². The molecule has 0 saturated carbocycles. The fraction of sp³-hybridized carbons (Fsp3) is 0.333. The van der Waals surface area contributed by atoms with Gasteiger partial charge in [-0.2, -0.15) is 0 Å². The molecular weight excluding hydrogens is 488 g/mol. The number of nitrogens with one attached hydrogen (secondary N) is 1. The second-order valence-corrected chi connectivity index (χ2v) is 10.6. The van der Waals surface area contributed by atoms with Crippen LogP contribution in [0.15, 0.2) is 78.9 Å². The summed E-state index contributed by atoms with van der Waals surface area (Å²) in [6, 6.07) is 25.1. The fourth-order valence-electron chi connectivity index (χ4n) is 3.85. The minimum absolute atomic E-state index is 0.0318. The Balaban J connectivity index is 1.85. The van der Waals surface area contributed by atoms with E-state index < -0.39 is 6.04 Å². The molecule has 1 N–H and O–H groups in total. The SMILES string of the molecule is CC[C@@H](C)NC(=O)[C@@H](Cc1ccccc1)N(Cc1ccc(C)cc1)C(=O)CSCc1cccc(Cl)c1. The maximum Gasteiger partial charge on any atom is 0.243 e. The van der Waals surface area contributed by atoms with E-state index in [0.29, 0.717) is 23.7 Å². The molecule has 2 atom stereocenters. The van der Waals surface area contributed by atoms with Crippen LogP contribution in [0.3, 0.4) is 0 Å². The molecule has 0 saturated heterocycles. The summed E-state index contributed by atoms with van der Waals surface area (Å²) in [5, 5.41) is 3.80. The molecule has 36 heavy (non-hydrogen) atoms. The van der Waals surface area contributed by atoms with Gasteiger partial charge in [-0.15, -0.1) is 11.8 Å². The highest BCUT2D eigenvalue weighted by Crippen LogP contribution is 2.20. The first-order valence-corrected chi connectivity index (χ1v) is 13.9. The second kappa shape index (κ2) is 14.1. The van der Waals surface area contributed by atoms with E-state index in [2.05, 4.69) is 5.32 Å². The lowest BCUT2D eigenvalue weighted by Crippen LogP contribution is -2.52. The largest absolute Gasteiger partial charge is 0.352 e. The number of halogens is 1. The van der Waals surface area contributed by atoms with Crippen LogP contribution in [0.2, 0.25) is 5.02 Å². The maximum atomic E-state index is 13.7. The van der Waals surface area contributed by atoms with Crippen LogP contribution < -0.4 is 5.32 Å². The minimum Gasteiger partial charge on any atom is -0.352 e. The predicted molar refractivity (Wildman–Crippen MR) is 151 cm³/mol. The average Bonchev–Trinajstić information content (AvgIpc) is 2.87. The molecule has 3 rings (SSSR count). The summed E-state index contributed by atoms with van der Waals surface area (Å²) >= 11 is 7.65. The van der Waals surface area contributed by atoms with Crippen molar-refractivity contribution in [2.24, 2.45) is 0 Å². The van der Waals surface area contributed by atoms with Gasteiger partial charge in [0.25, 0.3) is 0 Å². The van der Waals surface area contributed by atoms with E-state index in [0.717, 1.165) is 28.7 Å². The Hall–Kier alpha value is -2.76. The topological polar surface area (TPSA) is 49.4 Å². The van der Waals surface area contributed by atoms with Crippen molar-refractivity contribution in [1.82, 2.24) is 10.2 Å². The predicted octanol–water partition coefficient (Wildman–Crippen LogP) is 6.44.